The van der Waals surface area contributed by atoms with Crippen molar-refractivity contribution in [2.45, 2.75) is 6.35 Å². The highest BCUT2D eigenvalue weighted by atomic mass is 16.5. The Balaban J connectivity index is 2.53. The summed E-state index contributed by atoms with van der Waals surface area (Å²) in [6.07, 6.45) is 1.71. The van der Waals surface area contributed by atoms with Crippen LogP contribution in [-0.2, 0) is 4.74 Å². The quantitative estimate of drug-likeness (QED) is 0.488. The lowest BCUT2D eigenvalue weighted by Crippen LogP contribution is -2.36. The molecule has 0 saturated carbocycles. The minimum Gasteiger partial charge on any atom is -0.343 e. The fraction of sp³-hybridized carbons (Fsp3) is 0.800. The van der Waals surface area contributed by atoms with Gasteiger partial charge in [-0.1, -0.05) is 0 Å². The minimum absolute atomic E-state index is 0.0231. The van der Waals surface area contributed by atoms with Gasteiger partial charge in [0.25, 0.3) is 0 Å². The second-order valence-electron chi connectivity index (χ2n) is 2.03. The van der Waals surface area contributed by atoms with E-state index >= 15 is 0 Å². The minimum atomic E-state index is -0.0231. The number of rotatable bonds is 1. The second-order valence-corrected chi connectivity index (χ2v) is 2.03. The van der Waals surface area contributed by atoms with Crippen LogP contribution < -0.4 is 0 Å². The van der Waals surface area contributed by atoms with Gasteiger partial charge in [0.2, 0.25) is 6.35 Å². The molecule has 0 fully saturated rings. The van der Waals surface area contributed by atoms with Crippen LogP contribution in [0.2, 0.25) is 0 Å². The molecular formula is C5H11N3O. The third kappa shape index (κ3) is 0.977. The van der Waals surface area contributed by atoms with Crippen LogP contribution in [0.1, 0.15) is 0 Å². The molecule has 1 aliphatic heterocycles. The average molecular weight is 129 g/mol. The summed E-state index contributed by atoms with van der Waals surface area (Å²) < 4.78 is 5.06. The summed E-state index contributed by atoms with van der Waals surface area (Å²) in [4.78, 5) is 1.89. The van der Waals surface area contributed by atoms with E-state index in [1.165, 1.54) is 0 Å². The number of hydrogen-bond donors (Lipinski definition) is 0. The first kappa shape index (κ1) is 6.35. The van der Waals surface area contributed by atoms with Gasteiger partial charge in [0.05, 0.1) is 0 Å². The number of nitrogens with zero attached hydrogens (tertiary/aromatic N) is 3. The lowest BCUT2D eigenvalue weighted by atomic mass is 10.8. The number of methoxy groups -OCH3 is 1. The molecule has 4 nitrogen and oxygen atoms in total. The van der Waals surface area contributed by atoms with Crippen molar-refractivity contribution >= 4 is 6.34 Å². The largest absolute Gasteiger partial charge is 0.343 e. The Bertz CT molecular complexity index is 113. The van der Waals surface area contributed by atoms with Crippen LogP contribution in [-0.4, -0.2) is 43.8 Å². The zero-order valence-corrected chi connectivity index (χ0v) is 5.90. The van der Waals surface area contributed by atoms with Crippen molar-refractivity contribution in [1.82, 2.24) is 9.91 Å². The van der Waals surface area contributed by atoms with E-state index in [9.17, 15) is 0 Å². The smallest absolute Gasteiger partial charge is 0.225 e. The Kier molecular flexibility index (Phi) is 1.57. The first-order valence-corrected chi connectivity index (χ1v) is 2.77. The van der Waals surface area contributed by atoms with Crippen LogP contribution in [0.4, 0.5) is 0 Å². The molecule has 1 atom stereocenters. The van der Waals surface area contributed by atoms with Crippen molar-refractivity contribution in [1.29, 1.82) is 0 Å². The van der Waals surface area contributed by atoms with E-state index in [1.807, 2.05) is 19.0 Å². The van der Waals surface area contributed by atoms with Crippen molar-refractivity contribution in [3.63, 3.8) is 0 Å². The van der Waals surface area contributed by atoms with E-state index in [0.717, 1.165) is 0 Å². The van der Waals surface area contributed by atoms with Gasteiger partial charge in [0, 0.05) is 21.2 Å². The van der Waals surface area contributed by atoms with Gasteiger partial charge in [-0.05, 0) is 0 Å². The van der Waals surface area contributed by atoms with Crippen molar-refractivity contribution in [3.05, 3.63) is 0 Å². The molecule has 0 bridgehead atoms. The molecule has 0 aromatic rings. The molecule has 0 aliphatic carbocycles. The molecule has 0 saturated heterocycles. The van der Waals surface area contributed by atoms with Crippen molar-refractivity contribution in [2.75, 3.05) is 21.2 Å². The molecule has 1 heterocycles. The van der Waals surface area contributed by atoms with E-state index < -0.39 is 0 Å². The van der Waals surface area contributed by atoms with Crippen LogP contribution in [0.5, 0.6) is 0 Å². The van der Waals surface area contributed by atoms with Crippen molar-refractivity contribution in [3.8, 4) is 0 Å². The standard InChI is InChI=1S/C5H11N3O/c1-7-4-6-8(2)5(7)9-3/h4-5H,1-3H3. The van der Waals surface area contributed by atoms with Gasteiger partial charge in [-0.25, -0.2) is 0 Å². The summed E-state index contributed by atoms with van der Waals surface area (Å²) in [5.74, 6) is 0. The molecular weight excluding hydrogens is 118 g/mol. The molecule has 4 heteroatoms. The Hall–Kier alpha value is -0.770. The van der Waals surface area contributed by atoms with Crippen LogP contribution in [0.15, 0.2) is 5.10 Å². The Morgan fingerprint density at radius 1 is 1.56 bits per heavy atom. The predicted octanol–water partition coefficient (Wildman–Crippen LogP) is -0.263. The molecule has 0 spiro atoms. The molecule has 9 heavy (non-hydrogen) atoms. The SMILES string of the molecule is COC1N(C)C=NN1C. The number of hydrogen-bond acceptors (Lipinski definition) is 4. The maximum absolute atomic E-state index is 5.06. The molecule has 0 radical (unpaired) electrons. The van der Waals surface area contributed by atoms with Gasteiger partial charge in [-0.15, -0.1) is 0 Å². The highest BCUT2D eigenvalue weighted by Gasteiger charge is 2.19. The molecule has 0 amide bonds. The summed E-state index contributed by atoms with van der Waals surface area (Å²) in [5.41, 5.74) is 0. The highest BCUT2D eigenvalue weighted by Crippen LogP contribution is 2.06. The molecule has 1 aliphatic rings. The first-order valence-electron chi connectivity index (χ1n) is 2.77. The Morgan fingerprint density at radius 2 is 2.22 bits per heavy atom. The normalized spacial score (nSPS) is 25.9. The molecule has 0 aromatic carbocycles. The molecule has 52 valence electrons. The number of ether oxygens (including phenoxy) is 1. The summed E-state index contributed by atoms with van der Waals surface area (Å²) in [6.45, 7) is 0. The highest BCUT2D eigenvalue weighted by molar-refractivity contribution is 5.55. The van der Waals surface area contributed by atoms with E-state index in [1.54, 1.807) is 18.5 Å². The monoisotopic (exact) mass is 129 g/mol. The summed E-state index contributed by atoms with van der Waals surface area (Å²) in [5, 5.41) is 5.73. The molecule has 1 rings (SSSR count). The zero-order valence-electron chi connectivity index (χ0n) is 5.90. The fourth-order valence-electron chi connectivity index (χ4n) is 0.859. The van der Waals surface area contributed by atoms with Crippen LogP contribution in [0.25, 0.3) is 0 Å². The summed E-state index contributed by atoms with van der Waals surface area (Å²) in [6, 6.07) is 0. The fourth-order valence-corrected chi connectivity index (χ4v) is 0.859. The van der Waals surface area contributed by atoms with Gasteiger partial charge >= 0.3 is 0 Å². The number of hydrazone groups is 1. The lowest BCUT2D eigenvalue weighted by molar-refractivity contribution is -0.0679. The predicted molar refractivity (Wildman–Crippen MR) is 34.8 cm³/mol. The summed E-state index contributed by atoms with van der Waals surface area (Å²) in [7, 11) is 5.45. The summed E-state index contributed by atoms with van der Waals surface area (Å²) >= 11 is 0. The second kappa shape index (κ2) is 2.23. The van der Waals surface area contributed by atoms with E-state index in [0.29, 0.717) is 0 Å². The maximum atomic E-state index is 5.06. The Morgan fingerprint density at radius 3 is 2.44 bits per heavy atom. The maximum Gasteiger partial charge on any atom is 0.225 e. The average Bonchev–Trinajstić information content (AvgIpc) is 2.12. The van der Waals surface area contributed by atoms with E-state index in [4.69, 9.17) is 4.74 Å². The van der Waals surface area contributed by atoms with Crippen molar-refractivity contribution in [2.24, 2.45) is 5.10 Å². The first-order chi connectivity index (χ1) is 4.25. The molecule has 1 unspecified atom stereocenters. The van der Waals surface area contributed by atoms with Crippen LogP contribution in [0, 0.1) is 0 Å². The lowest BCUT2D eigenvalue weighted by Gasteiger charge is -2.22. The topological polar surface area (TPSA) is 28.1 Å². The third-order valence-corrected chi connectivity index (χ3v) is 1.29. The van der Waals surface area contributed by atoms with Crippen molar-refractivity contribution < 1.29 is 4.74 Å². The Labute approximate surface area is 54.7 Å². The van der Waals surface area contributed by atoms with Gasteiger partial charge in [0.1, 0.15) is 6.34 Å². The molecule has 0 N–H and O–H groups in total. The van der Waals surface area contributed by atoms with E-state index in [2.05, 4.69) is 5.10 Å². The van der Waals surface area contributed by atoms with Gasteiger partial charge < -0.3 is 9.64 Å². The van der Waals surface area contributed by atoms with Gasteiger partial charge in [-0.2, -0.15) is 5.10 Å². The zero-order chi connectivity index (χ0) is 6.85. The van der Waals surface area contributed by atoms with Gasteiger partial charge in [-0.3, -0.25) is 5.01 Å². The van der Waals surface area contributed by atoms with E-state index in [-0.39, 0.29) is 6.35 Å². The van der Waals surface area contributed by atoms with Gasteiger partial charge in [0.15, 0.2) is 0 Å². The van der Waals surface area contributed by atoms with Crippen LogP contribution >= 0.6 is 0 Å². The molecule has 0 aromatic heterocycles. The third-order valence-electron chi connectivity index (χ3n) is 1.29. The van der Waals surface area contributed by atoms with Crippen LogP contribution in [0.3, 0.4) is 0 Å².